The molecule has 10 nitrogen and oxygen atoms in total. The first-order valence-corrected chi connectivity index (χ1v) is 11.8. The smallest absolute Gasteiger partial charge is 0.326 e. The van der Waals surface area contributed by atoms with Gasteiger partial charge in [-0.1, -0.05) is 19.4 Å². The number of hydrogen-bond acceptors (Lipinski definition) is 9. The zero-order chi connectivity index (χ0) is 25.6. The first-order chi connectivity index (χ1) is 17.4. The number of carbonyl (C=O) groups is 3. The molecule has 0 aliphatic carbocycles. The number of nitrogens with zero attached hydrogens (tertiary/aromatic N) is 1. The van der Waals surface area contributed by atoms with Crippen LogP contribution < -0.4 is 29.2 Å². The summed E-state index contributed by atoms with van der Waals surface area (Å²) < 4.78 is 26.8. The van der Waals surface area contributed by atoms with Crippen LogP contribution in [0.2, 0.25) is 0 Å². The molecule has 0 bridgehead atoms. The number of carbonyl (C=O) groups excluding carboxylic acids is 3. The number of anilines is 1. The lowest BCUT2D eigenvalue weighted by Crippen LogP contribution is -2.56. The van der Waals surface area contributed by atoms with Gasteiger partial charge in [0.1, 0.15) is 5.54 Å². The van der Waals surface area contributed by atoms with Gasteiger partial charge in [-0.2, -0.15) is 0 Å². The van der Waals surface area contributed by atoms with Gasteiger partial charge in [-0.15, -0.1) is 0 Å². The van der Waals surface area contributed by atoms with Crippen molar-refractivity contribution in [2.45, 2.75) is 31.3 Å². The topological polar surface area (TPSA) is 113 Å². The number of nitrogens with one attached hydrogen (secondary N) is 1. The van der Waals surface area contributed by atoms with E-state index in [-0.39, 0.29) is 6.79 Å². The Morgan fingerprint density at radius 3 is 2.47 bits per heavy atom. The lowest BCUT2D eigenvalue weighted by molar-refractivity contribution is -0.152. The molecule has 36 heavy (non-hydrogen) atoms. The largest absolute Gasteiger partial charge is 0.493 e. The number of fused-ring (bicyclic) bond motifs is 2. The number of amides is 2. The van der Waals surface area contributed by atoms with E-state index >= 15 is 0 Å². The van der Waals surface area contributed by atoms with Crippen LogP contribution in [0, 0.1) is 11.8 Å². The number of esters is 1. The van der Waals surface area contributed by atoms with Gasteiger partial charge in [-0.3, -0.25) is 19.7 Å². The molecule has 5 rings (SSSR count). The Labute approximate surface area is 208 Å². The van der Waals surface area contributed by atoms with E-state index in [0.717, 1.165) is 4.90 Å². The predicted molar refractivity (Wildman–Crippen MR) is 127 cm³/mol. The maximum Gasteiger partial charge on any atom is 0.326 e. The zero-order valence-electron chi connectivity index (χ0n) is 20.5. The molecule has 0 unspecified atom stereocenters. The summed E-state index contributed by atoms with van der Waals surface area (Å²) in [6.45, 7) is 1.99. The number of rotatable bonds is 7. The Balaban J connectivity index is 1.63. The molecule has 3 aliphatic rings. The Morgan fingerprint density at radius 1 is 1.03 bits per heavy atom. The molecule has 2 fully saturated rings. The minimum Gasteiger partial charge on any atom is -0.493 e. The molecular weight excluding hydrogens is 468 g/mol. The minimum atomic E-state index is -1.37. The van der Waals surface area contributed by atoms with Gasteiger partial charge in [0.15, 0.2) is 23.0 Å². The Morgan fingerprint density at radius 2 is 1.78 bits per heavy atom. The van der Waals surface area contributed by atoms with Gasteiger partial charge in [0.25, 0.3) is 0 Å². The molecule has 2 aromatic rings. The summed E-state index contributed by atoms with van der Waals surface area (Å²) >= 11 is 0. The zero-order valence-corrected chi connectivity index (χ0v) is 20.5. The van der Waals surface area contributed by atoms with Gasteiger partial charge in [-0.05, 0) is 36.2 Å². The fraction of sp³-hybridized carbons (Fsp3) is 0.423. The third kappa shape index (κ3) is 3.39. The van der Waals surface area contributed by atoms with E-state index in [9.17, 15) is 14.4 Å². The summed E-state index contributed by atoms with van der Waals surface area (Å²) in [7, 11) is 4.35. The van der Waals surface area contributed by atoms with Crippen LogP contribution in [0.15, 0.2) is 36.4 Å². The maximum atomic E-state index is 13.9. The van der Waals surface area contributed by atoms with Crippen LogP contribution >= 0.6 is 0 Å². The number of ether oxygens (including phenoxy) is 5. The van der Waals surface area contributed by atoms with Crippen molar-refractivity contribution in [1.29, 1.82) is 0 Å². The SMILES string of the molecule is CCC[C@]1(C(=O)OC)N[C@H](c2ccc(OC)c(OC)c2)[C@H]2C(=O)N(c3ccc4c(c3)OCO4)C(=O)[C@H]21. The summed E-state index contributed by atoms with van der Waals surface area (Å²) in [5.41, 5.74) is -0.313. The molecule has 4 atom stereocenters. The Bertz CT molecular complexity index is 1230. The van der Waals surface area contributed by atoms with Crippen molar-refractivity contribution in [2.75, 3.05) is 33.0 Å². The van der Waals surface area contributed by atoms with Crippen molar-refractivity contribution in [3.05, 3.63) is 42.0 Å². The standard InChI is InChI=1S/C26H28N2O8/c1-5-10-26(25(31)34-4)21-20(22(27-26)14-6-8-16(32-2)18(11-14)33-3)23(29)28(24(21)30)15-7-9-17-19(12-15)36-13-35-17/h6-9,11-12,20-22,27H,5,10,13H2,1-4H3/t20-,21-,22+,26-/m0/s1. The fourth-order valence-corrected chi connectivity index (χ4v) is 5.71. The lowest BCUT2D eigenvalue weighted by Gasteiger charge is -2.32. The molecule has 2 aromatic carbocycles. The van der Waals surface area contributed by atoms with Crippen molar-refractivity contribution in [2.24, 2.45) is 11.8 Å². The van der Waals surface area contributed by atoms with E-state index in [1.54, 1.807) is 36.4 Å². The summed E-state index contributed by atoms with van der Waals surface area (Å²) in [6.07, 6.45) is 0.911. The van der Waals surface area contributed by atoms with Gasteiger partial charge >= 0.3 is 5.97 Å². The second kappa shape index (κ2) is 9.02. The Hall–Kier alpha value is -3.79. The molecule has 1 N–H and O–H groups in total. The first kappa shape index (κ1) is 23.9. The van der Waals surface area contributed by atoms with Crippen LogP contribution in [0.25, 0.3) is 0 Å². The van der Waals surface area contributed by atoms with Crippen molar-refractivity contribution < 1.29 is 38.1 Å². The molecule has 0 radical (unpaired) electrons. The van der Waals surface area contributed by atoms with Crippen LogP contribution in [0.3, 0.4) is 0 Å². The normalized spacial score (nSPS) is 26.2. The molecule has 3 aliphatic heterocycles. The highest BCUT2D eigenvalue weighted by molar-refractivity contribution is 6.24. The number of hydrogen-bond donors (Lipinski definition) is 1. The van der Waals surface area contributed by atoms with Crippen LogP contribution in [0.5, 0.6) is 23.0 Å². The predicted octanol–water partition coefficient (Wildman–Crippen LogP) is 2.59. The molecule has 0 aromatic heterocycles. The molecule has 10 heteroatoms. The fourth-order valence-electron chi connectivity index (χ4n) is 5.71. The van der Waals surface area contributed by atoms with Crippen LogP contribution in [0.4, 0.5) is 5.69 Å². The van der Waals surface area contributed by atoms with Gasteiger partial charge < -0.3 is 23.7 Å². The number of methoxy groups -OCH3 is 3. The van der Waals surface area contributed by atoms with Crippen LogP contribution in [-0.2, 0) is 19.1 Å². The molecule has 2 amide bonds. The highest BCUT2D eigenvalue weighted by Gasteiger charge is 2.68. The highest BCUT2D eigenvalue weighted by Crippen LogP contribution is 2.52. The van der Waals surface area contributed by atoms with E-state index in [1.165, 1.54) is 21.3 Å². The average molecular weight is 497 g/mol. The quantitative estimate of drug-likeness (QED) is 0.457. The Kier molecular flexibility index (Phi) is 5.99. The summed E-state index contributed by atoms with van der Waals surface area (Å²) in [5, 5.41) is 3.35. The van der Waals surface area contributed by atoms with Crippen molar-refractivity contribution in [3.63, 3.8) is 0 Å². The highest BCUT2D eigenvalue weighted by atomic mass is 16.7. The van der Waals surface area contributed by atoms with Crippen molar-refractivity contribution in [1.82, 2.24) is 5.32 Å². The summed E-state index contributed by atoms with van der Waals surface area (Å²) in [6, 6.07) is 9.57. The third-order valence-electron chi connectivity index (χ3n) is 7.23. The van der Waals surface area contributed by atoms with Crippen molar-refractivity contribution >= 4 is 23.5 Å². The molecule has 0 spiro atoms. The number of imide groups is 1. The average Bonchev–Trinajstić information content (AvgIpc) is 3.57. The molecule has 0 saturated carbocycles. The van der Waals surface area contributed by atoms with Gasteiger partial charge in [0.05, 0.1) is 38.9 Å². The second-order valence-electron chi connectivity index (χ2n) is 9.00. The second-order valence-corrected chi connectivity index (χ2v) is 9.00. The van der Waals surface area contributed by atoms with Gasteiger partial charge in [-0.25, -0.2) is 4.90 Å². The summed E-state index contributed by atoms with van der Waals surface area (Å²) in [5.74, 6) is -1.24. The number of benzene rings is 2. The van der Waals surface area contributed by atoms with Crippen LogP contribution in [-0.4, -0.2) is 51.4 Å². The molecular formula is C26H28N2O8. The van der Waals surface area contributed by atoms with E-state index < -0.39 is 41.2 Å². The van der Waals surface area contributed by atoms with E-state index in [4.69, 9.17) is 23.7 Å². The van der Waals surface area contributed by atoms with Crippen LogP contribution in [0.1, 0.15) is 31.4 Å². The monoisotopic (exact) mass is 496 g/mol. The summed E-state index contributed by atoms with van der Waals surface area (Å²) in [4.78, 5) is 42.3. The minimum absolute atomic E-state index is 0.0686. The van der Waals surface area contributed by atoms with E-state index in [0.29, 0.717) is 47.1 Å². The molecule has 2 saturated heterocycles. The van der Waals surface area contributed by atoms with E-state index in [2.05, 4.69) is 5.32 Å². The molecule has 190 valence electrons. The van der Waals surface area contributed by atoms with Crippen molar-refractivity contribution in [3.8, 4) is 23.0 Å². The van der Waals surface area contributed by atoms with E-state index in [1.807, 2.05) is 6.92 Å². The maximum absolute atomic E-state index is 13.9. The lowest BCUT2D eigenvalue weighted by atomic mass is 9.77. The first-order valence-electron chi connectivity index (χ1n) is 11.8. The van der Waals surface area contributed by atoms with Gasteiger partial charge in [0.2, 0.25) is 18.6 Å². The third-order valence-corrected chi connectivity index (χ3v) is 7.23. The molecule has 3 heterocycles. The van der Waals surface area contributed by atoms with Gasteiger partial charge in [0, 0.05) is 12.1 Å².